The summed E-state index contributed by atoms with van der Waals surface area (Å²) in [5.41, 5.74) is 3.95. The molecule has 1 amide bonds. The molecule has 5 heteroatoms. The van der Waals surface area contributed by atoms with Crippen LogP contribution >= 0.6 is 0 Å². The van der Waals surface area contributed by atoms with Crippen LogP contribution in [0.25, 0.3) is 10.9 Å². The van der Waals surface area contributed by atoms with E-state index in [0.717, 1.165) is 27.6 Å². The van der Waals surface area contributed by atoms with Crippen LogP contribution in [-0.2, 0) is 33.8 Å². The Morgan fingerprint density at radius 2 is 1.50 bits per heavy atom. The van der Waals surface area contributed by atoms with Gasteiger partial charge in [-0.1, -0.05) is 78.9 Å². The molecule has 4 rings (SSSR count). The van der Waals surface area contributed by atoms with Crippen molar-refractivity contribution < 1.29 is 14.3 Å². The first-order chi connectivity index (χ1) is 15.7. The number of benzene rings is 3. The molecule has 4 aromatic rings. The van der Waals surface area contributed by atoms with E-state index in [2.05, 4.69) is 10.3 Å². The van der Waals surface area contributed by atoms with Gasteiger partial charge in [0.15, 0.2) is 0 Å². The minimum absolute atomic E-state index is 0.171. The van der Waals surface area contributed by atoms with Crippen molar-refractivity contribution in [3.8, 4) is 0 Å². The normalized spacial score (nSPS) is 11.8. The topological polar surface area (TPSA) is 71.2 Å². The number of nitrogens with one attached hydrogen (secondary N) is 2. The van der Waals surface area contributed by atoms with Gasteiger partial charge in [-0.3, -0.25) is 4.79 Å². The number of esters is 1. The highest BCUT2D eigenvalue weighted by Crippen LogP contribution is 2.20. The van der Waals surface area contributed by atoms with E-state index in [0.29, 0.717) is 19.3 Å². The minimum Gasteiger partial charge on any atom is -0.459 e. The van der Waals surface area contributed by atoms with Gasteiger partial charge in [-0.25, -0.2) is 4.79 Å². The number of carbonyl (C=O) groups is 2. The van der Waals surface area contributed by atoms with Crippen molar-refractivity contribution in [2.24, 2.45) is 0 Å². The lowest BCUT2D eigenvalue weighted by Crippen LogP contribution is -2.43. The SMILES string of the molecule is O=C(CCc1ccccc1)N[C@@H](Cc1c[nH]c2ccccc12)C(=O)OCc1ccccc1. The second-order valence-electron chi connectivity index (χ2n) is 7.76. The molecule has 5 nitrogen and oxygen atoms in total. The highest BCUT2D eigenvalue weighted by molar-refractivity contribution is 5.87. The Bertz CT molecular complexity index is 1170. The van der Waals surface area contributed by atoms with Crippen LogP contribution in [-0.4, -0.2) is 22.9 Å². The first kappa shape index (κ1) is 21.4. The molecule has 0 saturated carbocycles. The van der Waals surface area contributed by atoms with Crippen molar-refractivity contribution >= 4 is 22.8 Å². The molecule has 0 aliphatic heterocycles. The summed E-state index contributed by atoms with van der Waals surface area (Å²) in [7, 11) is 0. The lowest BCUT2D eigenvalue weighted by Gasteiger charge is -2.18. The van der Waals surface area contributed by atoms with Crippen molar-refractivity contribution in [3.63, 3.8) is 0 Å². The first-order valence-corrected chi connectivity index (χ1v) is 10.8. The number of ether oxygens (including phenoxy) is 1. The standard InChI is InChI=1S/C27H26N2O3/c30-26(16-15-20-9-3-1-4-10-20)29-25(27(31)32-19-21-11-5-2-6-12-21)17-22-18-28-24-14-8-7-13-23(22)24/h1-14,18,25,28H,15-17,19H2,(H,29,30)/t25-/m0/s1. The van der Waals surface area contributed by atoms with Crippen LogP contribution in [0.2, 0.25) is 0 Å². The van der Waals surface area contributed by atoms with E-state index in [1.807, 2.05) is 91.1 Å². The van der Waals surface area contributed by atoms with E-state index < -0.39 is 12.0 Å². The van der Waals surface area contributed by atoms with Crippen molar-refractivity contribution in [3.05, 3.63) is 108 Å². The Balaban J connectivity index is 1.45. The average Bonchev–Trinajstić information content (AvgIpc) is 3.25. The molecule has 0 spiro atoms. The van der Waals surface area contributed by atoms with E-state index in [-0.39, 0.29) is 12.5 Å². The molecule has 0 bridgehead atoms. The van der Waals surface area contributed by atoms with E-state index >= 15 is 0 Å². The van der Waals surface area contributed by atoms with Gasteiger partial charge in [0.2, 0.25) is 5.91 Å². The molecule has 3 aromatic carbocycles. The van der Waals surface area contributed by atoms with Gasteiger partial charge >= 0.3 is 5.97 Å². The summed E-state index contributed by atoms with van der Waals surface area (Å²) < 4.78 is 5.55. The Kier molecular flexibility index (Phi) is 6.98. The van der Waals surface area contributed by atoms with Gasteiger partial charge in [-0.2, -0.15) is 0 Å². The number of para-hydroxylation sites is 1. The Hall–Kier alpha value is -3.86. The molecule has 0 fully saturated rings. The van der Waals surface area contributed by atoms with Crippen molar-refractivity contribution in [2.45, 2.75) is 31.9 Å². The zero-order valence-corrected chi connectivity index (χ0v) is 17.8. The van der Waals surface area contributed by atoms with E-state index in [1.165, 1.54) is 0 Å². The van der Waals surface area contributed by atoms with E-state index in [1.54, 1.807) is 0 Å². The highest BCUT2D eigenvalue weighted by Gasteiger charge is 2.24. The second kappa shape index (κ2) is 10.4. The molecule has 1 aromatic heterocycles. The summed E-state index contributed by atoms with van der Waals surface area (Å²) in [5, 5.41) is 3.93. The maximum absolute atomic E-state index is 12.9. The molecule has 32 heavy (non-hydrogen) atoms. The fourth-order valence-corrected chi connectivity index (χ4v) is 3.71. The fraction of sp³-hybridized carbons (Fsp3) is 0.185. The molecule has 0 saturated heterocycles. The molecule has 0 radical (unpaired) electrons. The largest absolute Gasteiger partial charge is 0.459 e. The van der Waals surface area contributed by atoms with Crippen LogP contribution in [0.4, 0.5) is 0 Å². The summed E-state index contributed by atoms with van der Waals surface area (Å²) in [6, 6.07) is 26.5. The predicted octanol–water partition coefficient (Wildman–Crippen LogP) is 4.57. The monoisotopic (exact) mass is 426 g/mol. The second-order valence-corrected chi connectivity index (χ2v) is 7.76. The Morgan fingerprint density at radius 1 is 0.844 bits per heavy atom. The Morgan fingerprint density at radius 3 is 2.25 bits per heavy atom. The van der Waals surface area contributed by atoms with Gasteiger partial charge in [-0.05, 0) is 29.2 Å². The first-order valence-electron chi connectivity index (χ1n) is 10.8. The third kappa shape index (κ3) is 5.64. The number of aryl methyl sites for hydroxylation is 1. The van der Waals surface area contributed by atoms with Crippen LogP contribution in [0.3, 0.4) is 0 Å². The maximum Gasteiger partial charge on any atom is 0.329 e. The molecule has 1 atom stereocenters. The maximum atomic E-state index is 12.9. The zero-order valence-electron chi connectivity index (χ0n) is 17.8. The van der Waals surface area contributed by atoms with Gasteiger partial charge in [0.1, 0.15) is 12.6 Å². The number of hydrogen-bond acceptors (Lipinski definition) is 3. The molecule has 2 N–H and O–H groups in total. The zero-order chi connectivity index (χ0) is 22.2. The number of carbonyl (C=O) groups excluding carboxylic acids is 2. The summed E-state index contributed by atoms with van der Waals surface area (Å²) in [5.74, 6) is -0.609. The van der Waals surface area contributed by atoms with Crippen LogP contribution in [0.15, 0.2) is 91.1 Å². The lowest BCUT2D eigenvalue weighted by molar-refractivity contribution is -0.149. The number of amides is 1. The van der Waals surface area contributed by atoms with Gasteiger partial charge in [0.25, 0.3) is 0 Å². The van der Waals surface area contributed by atoms with Crippen LogP contribution in [0, 0.1) is 0 Å². The van der Waals surface area contributed by atoms with E-state index in [9.17, 15) is 9.59 Å². The van der Waals surface area contributed by atoms with E-state index in [4.69, 9.17) is 4.74 Å². The number of H-pyrrole nitrogens is 1. The molecule has 0 aliphatic carbocycles. The number of fused-ring (bicyclic) bond motifs is 1. The third-order valence-corrected chi connectivity index (χ3v) is 5.43. The molecule has 0 aliphatic rings. The third-order valence-electron chi connectivity index (χ3n) is 5.43. The summed E-state index contributed by atoms with van der Waals surface area (Å²) >= 11 is 0. The molecule has 1 heterocycles. The number of hydrogen-bond donors (Lipinski definition) is 2. The molecular weight excluding hydrogens is 400 g/mol. The molecular formula is C27H26N2O3. The molecule has 162 valence electrons. The van der Waals surface area contributed by atoms with Crippen LogP contribution in [0.5, 0.6) is 0 Å². The molecule has 0 unspecified atom stereocenters. The lowest BCUT2D eigenvalue weighted by atomic mass is 10.0. The summed E-state index contributed by atoms with van der Waals surface area (Å²) in [6.45, 7) is 0.171. The predicted molar refractivity (Wildman–Crippen MR) is 125 cm³/mol. The van der Waals surface area contributed by atoms with Gasteiger partial charge in [0.05, 0.1) is 0 Å². The fourth-order valence-electron chi connectivity index (χ4n) is 3.71. The van der Waals surface area contributed by atoms with Crippen molar-refractivity contribution in [2.75, 3.05) is 0 Å². The van der Waals surface area contributed by atoms with Crippen molar-refractivity contribution in [1.82, 2.24) is 10.3 Å². The number of rotatable bonds is 9. The average molecular weight is 427 g/mol. The summed E-state index contributed by atoms with van der Waals surface area (Å²) in [4.78, 5) is 28.8. The van der Waals surface area contributed by atoms with Gasteiger partial charge < -0.3 is 15.0 Å². The van der Waals surface area contributed by atoms with Gasteiger partial charge in [-0.15, -0.1) is 0 Å². The van der Waals surface area contributed by atoms with Crippen LogP contribution in [0.1, 0.15) is 23.1 Å². The number of aromatic amines is 1. The highest BCUT2D eigenvalue weighted by atomic mass is 16.5. The van der Waals surface area contributed by atoms with Crippen molar-refractivity contribution in [1.29, 1.82) is 0 Å². The Labute approximate surface area is 187 Å². The number of aromatic nitrogens is 1. The smallest absolute Gasteiger partial charge is 0.329 e. The minimum atomic E-state index is -0.763. The quantitative estimate of drug-likeness (QED) is 0.385. The summed E-state index contributed by atoms with van der Waals surface area (Å²) in [6.07, 6.45) is 3.17. The van der Waals surface area contributed by atoms with Crippen LogP contribution < -0.4 is 5.32 Å². The van der Waals surface area contributed by atoms with Gasteiger partial charge in [0, 0.05) is 29.9 Å².